The van der Waals surface area contributed by atoms with Crippen molar-refractivity contribution in [3.8, 4) is 11.5 Å². The molecule has 3 aromatic carbocycles. The third-order valence-corrected chi connectivity index (χ3v) is 7.33. The highest BCUT2D eigenvalue weighted by atomic mass is 35.5. The summed E-state index contributed by atoms with van der Waals surface area (Å²) in [6.45, 7) is 0.303. The Bertz CT molecular complexity index is 1280. The summed E-state index contributed by atoms with van der Waals surface area (Å²) in [5, 5.41) is 3.30. The molecular weight excluding hydrogens is 452 g/mol. The molecule has 1 aliphatic rings. The Morgan fingerprint density at radius 3 is 2.44 bits per heavy atom. The topological polar surface area (TPSA) is 84.9 Å². The Kier molecular flexibility index (Phi) is 5.99. The van der Waals surface area contributed by atoms with Crippen LogP contribution in [0.1, 0.15) is 15.9 Å². The normalized spacial score (nSPS) is 12.9. The SMILES string of the molecule is COc1ccc(NC(=O)c2ccc3c(c2)CCN3S(=O)(=O)c2ccc(Cl)cc2)c(OC)c1. The fourth-order valence-corrected chi connectivity index (χ4v) is 5.22. The van der Waals surface area contributed by atoms with Crippen LogP contribution in [0.25, 0.3) is 0 Å². The first-order chi connectivity index (χ1) is 15.3. The summed E-state index contributed by atoms with van der Waals surface area (Å²) in [6.07, 6.45) is 0.509. The lowest BCUT2D eigenvalue weighted by atomic mass is 10.1. The van der Waals surface area contributed by atoms with Crippen molar-refractivity contribution in [2.75, 3.05) is 30.4 Å². The fourth-order valence-electron chi connectivity index (χ4n) is 3.59. The van der Waals surface area contributed by atoms with Gasteiger partial charge in [-0.15, -0.1) is 0 Å². The number of halogens is 1. The van der Waals surface area contributed by atoms with Crippen LogP contribution in [0.3, 0.4) is 0 Å². The fraction of sp³-hybridized carbons (Fsp3) is 0.174. The molecule has 0 spiro atoms. The van der Waals surface area contributed by atoms with Crippen LogP contribution in [0.2, 0.25) is 5.02 Å². The lowest BCUT2D eigenvalue weighted by Gasteiger charge is -2.20. The van der Waals surface area contributed by atoms with Gasteiger partial charge in [-0.1, -0.05) is 11.6 Å². The van der Waals surface area contributed by atoms with Gasteiger partial charge < -0.3 is 14.8 Å². The van der Waals surface area contributed by atoms with Gasteiger partial charge in [-0.05, 0) is 66.6 Å². The molecule has 0 bridgehead atoms. The van der Waals surface area contributed by atoms with Crippen LogP contribution < -0.4 is 19.1 Å². The van der Waals surface area contributed by atoms with E-state index in [1.165, 1.54) is 23.5 Å². The lowest BCUT2D eigenvalue weighted by Crippen LogP contribution is -2.29. The standard InChI is InChI=1S/C23H21ClN2O5S/c1-30-18-6-9-20(22(14-18)31-2)25-23(27)16-3-10-21-15(13-16)11-12-26(21)32(28,29)19-7-4-17(24)5-8-19/h3-10,13-14H,11-12H2,1-2H3,(H,25,27). The van der Waals surface area contributed by atoms with E-state index in [9.17, 15) is 13.2 Å². The maximum atomic E-state index is 13.1. The average molecular weight is 473 g/mol. The minimum atomic E-state index is -3.72. The third kappa shape index (κ3) is 4.11. The minimum Gasteiger partial charge on any atom is -0.497 e. The van der Waals surface area contributed by atoms with E-state index in [4.69, 9.17) is 21.1 Å². The van der Waals surface area contributed by atoms with Crippen LogP contribution in [0.5, 0.6) is 11.5 Å². The van der Waals surface area contributed by atoms with E-state index in [1.807, 2.05) is 0 Å². The Labute approximate surface area is 191 Å². The van der Waals surface area contributed by atoms with E-state index in [2.05, 4.69) is 5.32 Å². The number of benzene rings is 3. The number of sulfonamides is 1. The third-order valence-electron chi connectivity index (χ3n) is 5.25. The number of amides is 1. The molecular formula is C23H21ClN2O5S. The maximum absolute atomic E-state index is 13.1. The van der Waals surface area contributed by atoms with Crippen molar-refractivity contribution in [1.82, 2.24) is 0 Å². The van der Waals surface area contributed by atoms with Crippen molar-refractivity contribution >= 4 is 38.9 Å². The molecule has 0 atom stereocenters. The highest BCUT2D eigenvalue weighted by Crippen LogP contribution is 2.34. The lowest BCUT2D eigenvalue weighted by molar-refractivity contribution is 0.102. The second kappa shape index (κ2) is 8.72. The van der Waals surface area contributed by atoms with Crippen molar-refractivity contribution in [3.63, 3.8) is 0 Å². The molecule has 0 aromatic heterocycles. The predicted molar refractivity (Wildman–Crippen MR) is 124 cm³/mol. The van der Waals surface area contributed by atoms with Crippen LogP contribution >= 0.6 is 11.6 Å². The Balaban J connectivity index is 1.58. The second-order valence-corrected chi connectivity index (χ2v) is 9.44. The van der Waals surface area contributed by atoms with Crippen LogP contribution in [-0.4, -0.2) is 35.1 Å². The van der Waals surface area contributed by atoms with E-state index >= 15 is 0 Å². The maximum Gasteiger partial charge on any atom is 0.264 e. The van der Waals surface area contributed by atoms with E-state index in [0.29, 0.717) is 46.4 Å². The quantitative estimate of drug-likeness (QED) is 0.576. The van der Waals surface area contributed by atoms with Gasteiger partial charge >= 0.3 is 0 Å². The highest BCUT2D eigenvalue weighted by molar-refractivity contribution is 7.92. The molecule has 9 heteroatoms. The molecule has 4 rings (SSSR count). The zero-order chi connectivity index (χ0) is 22.9. The molecule has 1 amide bonds. The number of anilines is 2. The Hall–Kier alpha value is -3.23. The Morgan fingerprint density at radius 1 is 1.00 bits per heavy atom. The van der Waals surface area contributed by atoms with E-state index < -0.39 is 10.0 Å². The van der Waals surface area contributed by atoms with Gasteiger partial charge in [-0.2, -0.15) is 0 Å². The van der Waals surface area contributed by atoms with Crippen LogP contribution in [0.4, 0.5) is 11.4 Å². The number of fused-ring (bicyclic) bond motifs is 1. The van der Waals surface area contributed by atoms with Gasteiger partial charge in [-0.3, -0.25) is 9.10 Å². The number of methoxy groups -OCH3 is 2. The summed E-state index contributed by atoms with van der Waals surface area (Å²) < 4.78 is 38.0. The van der Waals surface area contributed by atoms with Crippen molar-refractivity contribution in [1.29, 1.82) is 0 Å². The number of nitrogens with one attached hydrogen (secondary N) is 1. The molecule has 0 aliphatic carbocycles. The smallest absolute Gasteiger partial charge is 0.264 e. The van der Waals surface area contributed by atoms with Crippen LogP contribution in [-0.2, 0) is 16.4 Å². The number of carbonyl (C=O) groups is 1. The van der Waals surface area contributed by atoms with Gasteiger partial charge in [0.1, 0.15) is 11.5 Å². The van der Waals surface area contributed by atoms with Gasteiger partial charge in [0.2, 0.25) is 0 Å². The van der Waals surface area contributed by atoms with Crippen molar-refractivity contribution in [3.05, 3.63) is 76.8 Å². The molecule has 7 nitrogen and oxygen atoms in total. The van der Waals surface area contributed by atoms with Crippen molar-refractivity contribution in [2.45, 2.75) is 11.3 Å². The van der Waals surface area contributed by atoms with Gasteiger partial charge in [0.15, 0.2) is 0 Å². The van der Waals surface area contributed by atoms with Crippen LogP contribution in [0.15, 0.2) is 65.6 Å². The van der Waals surface area contributed by atoms with E-state index in [0.717, 1.165) is 5.56 Å². The Morgan fingerprint density at radius 2 is 1.75 bits per heavy atom. The number of rotatable bonds is 6. The molecule has 3 aromatic rings. The molecule has 0 radical (unpaired) electrons. The molecule has 0 saturated carbocycles. The zero-order valence-electron chi connectivity index (χ0n) is 17.5. The molecule has 166 valence electrons. The summed E-state index contributed by atoms with van der Waals surface area (Å²) in [5.74, 6) is 0.758. The summed E-state index contributed by atoms with van der Waals surface area (Å²) in [4.78, 5) is 13.0. The molecule has 1 N–H and O–H groups in total. The summed E-state index contributed by atoms with van der Waals surface area (Å²) >= 11 is 5.88. The minimum absolute atomic E-state index is 0.170. The first-order valence-electron chi connectivity index (χ1n) is 9.78. The molecule has 1 aliphatic heterocycles. The van der Waals surface area contributed by atoms with Crippen LogP contribution in [0, 0.1) is 0 Å². The molecule has 0 saturated heterocycles. The van der Waals surface area contributed by atoms with Gasteiger partial charge in [0.25, 0.3) is 15.9 Å². The molecule has 1 heterocycles. The van der Waals surface area contributed by atoms with Crippen molar-refractivity contribution < 1.29 is 22.7 Å². The zero-order valence-corrected chi connectivity index (χ0v) is 19.0. The van der Waals surface area contributed by atoms with E-state index in [1.54, 1.807) is 55.6 Å². The number of ether oxygens (including phenoxy) is 2. The monoisotopic (exact) mass is 472 g/mol. The highest BCUT2D eigenvalue weighted by Gasteiger charge is 2.31. The number of hydrogen-bond donors (Lipinski definition) is 1. The van der Waals surface area contributed by atoms with Gasteiger partial charge in [0.05, 0.1) is 30.5 Å². The number of nitrogens with zero attached hydrogens (tertiary/aromatic N) is 1. The van der Waals surface area contributed by atoms with Crippen molar-refractivity contribution in [2.24, 2.45) is 0 Å². The number of carbonyl (C=O) groups excluding carboxylic acids is 1. The van der Waals surface area contributed by atoms with Gasteiger partial charge in [-0.25, -0.2) is 8.42 Å². The summed E-state index contributed by atoms with van der Waals surface area (Å²) in [7, 11) is -0.661. The predicted octanol–water partition coefficient (Wildman–Crippen LogP) is 4.36. The molecule has 0 unspecified atom stereocenters. The largest absolute Gasteiger partial charge is 0.497 e. The second-order valence-electron chi connectivity index (χ2n) is 7.14. The molecule has 0 fully saturated rings. The first kappa shape index (κ1) is 22.0. The summed E-state index contributed by atoms with van der Waals surface area (Å²) in [6, 6.07) is 16.2. The first-order valence-corrected chi connectivity index (χ1v) is 11.6. The molecule has 32 heavy (non-hydrogen) atoms. The van der Waals surface area contributed by atoms with Gasteiger partial charge in [0, 0.05) is 23.2 Å². The number of hydrogen-bond acceptors (Lipinski definition) is 5. The average Bonchev–Trinajstić information content (AvgIpc) is 3.23. The summed E-state index contributed by atoms with van der Waals surface area (Å²) in [5.41, 5.74) is 2.29. The van der Waals surface area contributed by atoms with E-state index in [-0.39, 0.29) is 10.8 Å².